The Morgan fingerprint density at radius 3 is 1.86 bits per heavy atom. The quantitative estimate of drug-likeness (QED) is 0.170. The molecular weight excluding hydrogens is 701 g/mol. The zero-order chi connectivity index (χ0) is 57.9. The van der Waals surface area contributed by atoms with Crippen LogP contribution in [0.3, 0.4) is 0 Å². The molecule has 0 N–H and O–H groups in total. The molecule has 0 amide bonds. The van der Waals surface area contributed by atoms with Gasteiger partial charge in [0.1, 0.15) is 0 Å². The number of benzene rings is 8. The predicted molar refractivity (Wildman–Crippen MR) is 234 cm³/mol. The normalized spacial score (nSPS) is 17.6. The molecule has 0 aliphatic rings. The van der Waals surface area contributed by atoms with Gasteiger partial charge in [-0.2, -0.15) is 0 Å². The molecule has 0 aliphatic carbocycles. The summed E-state index contributed by atoms with van der Waals surface area (Å²) < 4.78 is 215. The summed E-state index contributed by atoms with van der Waals surface area (Å²) in [5.74, 6) is -1.02. The van der Waals surface area contributed by atoms with Gasteiger partial charge >= 0.3 is 0 Å². The average Bonchev–Trinajstić information content (AvgIpc) is 3.98. The summed E-state index contributed by atoms with van der Waals surface area (Å²) in [5, 5.41) is -0.971. The standard InChI is InChI=1S/C51H32N4S/c1-4-14-33(15-5-1)36-25-28-45-42(30-36)39-20-10-12-22-44(39)55(45)46-29-26-37(38-24-27-41-40-21-11-13-23-47(40)56-48(41)32-38)31-43(46)51-53-49(34-16-6-2-7-17-34)52-50(54-51)35-18-8-3-9-19-35/h1-32H/i1D,2D,4D,5D,6D,7D,10D,11D,12D,13D,14D,15D,16D,17D,20D,21D,22D,23D,24D,25D,27D,28D,30D,32D. The minimum atomic E-state index is -0.854. The SMILES string of the molecule is [2H]c1c([2H])c([2H])c(-c2nc(-c3ccccc3)nc(-c3cc(-c4c([2H])c([2H])c5c(sc6c([2H])c([2H])c([2H])c([2H])c65)c4[2H])ccc3-n3c4c([2H])c([2H])c([2H])c([2H])c4c4c([2H])c(-c5c([2H])c([2H])c([2H])c([2H])c5[2H])c([2H])c([2H])c43)n2)c([2H])c1[2H]. The summed E-state index contributed by atoms with van der Waals surface area (Å²) in [5.41, 5.74) is -2.94. The van der Waals surface area contributed by atoms with E-state index < -0.39 is 195 Å². The number of fused-ring (bicyclic) bond motifs is 6. The summed E-state index contributed by atoms with van der Waals surface area (Å²) in [6.45, 7) is 0. The summed E-state index contributed by atoms with van der Waals surface area (Å²) >= 11 is 0.806. The van der Waals surface area contributed by atoms with E-state index in [4.69, 9.17) is 31.9 Å². The van der Waals surface area contributed by atoms with Crippen molar-refractivity contribution in [3.05, 3.63) is 194 Å². The van der Waals surface area contributed by atoms with Gasteiger partial charge < -0.3 is 4.57 Å². The lowest BCUT2D eigenvalue weighted by Crippen LogP contribution is -2.04. The van der Waals surface area contributed by atoms with Crippen LogP contribution in [0.4, 0.5) is 0 Å². The van der Waals surface area contributed by atoms with Crippen molar-refractivity contribution in [3.63, 3.8) is 0 Å². The average molecular weight is 757 g/mol. The fourth-order valence-electron chi connectivity index (χ4n) is 6.45. The van der Waals surface area contributed by atoms with Crippen LogP contribution in [0.5, 0.6) is 0 Å². The third-order valence-corrected chi connectivity index (χ3v) is 9.97. The number of hydrogen-bond donors (Lipinski definition) is 0. The third-order valence-electron chi connectivity index (χ3n) is 8.95. The smallest absolute Gasteiger partial charge is 0.166 e. The van der Waals surface area contributed by atoms with E-state index in [9.17, 15) is 11.0 Å². The number of nitrogens with zero attached hydrogens (tertiary/aromatic N) is 4. The molecule has 8 aromatic carbocycles. The largest absolute Gasteiger partial charge is 0.309 e. The summed E-state index contributed by atoms with van der Waals surface area (Å²) in [6, 6.07) is -4.57. The number of para-hydroxylation sites is 1. The molecule has 0 saturated heterocycles. The van der Waals surface area contributed by atoms with Crippen molar-refractivity contribution in [3.8, 4) is 62.1 Å². The summed E-state index contributed by atoms with van der Waals surface area (Å²) in [4.78, 5) is 14.2. The van der Waals surface area contributed by atoms with Crippen LogP contribution < -0.4 is 0 Å². The van der Waals surface area contributed by atoms with Gasteiger partial charge in [-0.05, 0) is 64.6 Å². The van der Waals surface area contributed by atoms with Crippen LogP contribution in [0.25, 0.3) is 104 Å². The van der Waals surface area contributed by atoms with Crippen molar-refractivity contribution in [2.24, 2.45) is 0 Å². The zero-order valence-electron chi connectivity index (χ0n) is 52.3. The first-order chi connectivity index (χ1) is 37.7. The zero-order valence-corrected chi connectivity index (χ0v) is 29.1. The Labute approximate surface area is 361 Å². The van der Waals surface area contributed by atoms with Gasteiger partial charge in [0, 0.05) is 47.6 Å². The van der Waals surface area contributed by atoms with Gasteiger partial charge in [-0.3, -0.25) is 0 Å². The first-order valence-electron chi connectivity index (χ1n) is 28.8. The molecule has 11 rings (SSSR count). The van der Waals surface area contributed by atoms with E-state index in [1.165, 1.54) is 18.2 Å². The van der Waals surface area contributed by atoms with Crippen molar-refractivity contribution in [1.29, 1.82) is 0 Å². The molecule has 0 spiro atoms. The molecule has 4 nitrogen and oxygen atoms in total. The van der Waals surface area contributed by atoms with Gasteiger partial charge in [0.15, 0.2) is 17.5 Å². The molecule has 0 atom stereocenters. The molecular formula is C51H32N4S. The molecule has 3 aromatic heterocycles. The van der Waals surface area contributed by atoms with Crippen LogP contribution in [-0.2, 0) is 0 Å². The predicted octanol–water partition coefficient (Wildman–Crippen LogP) is 13.7. The molecule has 56 heavy (non-hydrogen) atoms. The fourth-order valence-corrected chi connectivity index (χ4v) is 7.42. The van der Waals surface area contributed by atoms with Crippen LogP contribution in [-0.4, -0.2) is 19.5 Å². The second kappa shape index (κ2) is 13.3. The number of hydrogen-bond acceptors (Lipinski definition) is 4. The Morgan fingerprint density at radius 2 is 1.04 bits per heavy atom. The number of rotatable bonds is 6. The van der Waals surface area contributed by atoms with E-state index in [-0.39, 0.29) is 48.4 Å². The van der Waals surface area contributed by atoms with E-state index in [1.807, 2.05) is 0 Å². The minimum Gasteiger partial charge on any atom is -0.309 e. The fraction of sp³-hybridized carbons (Fsp3) is 0. The van der Waals surface area contributed by atoms with Crippen molar-refractivity contribution < 1.29 is 32.9 Å². The molecule has 0 bridgehead atoms. The molecule has 0 fully saturated rings. The highest BCUT2D eigenvalue weighted by Crippen LogP contribution is 2.41. The van der Waals surface area contributed by atoms with Crippen LogP contribution in [0.1, 0.15) is 32.9 Å². The van der Waals surface area contributed by atoms with Gasteiger partial charge in [-0.15, -0.1) is 11.3 Å². The van der Waals surface area contributed by atoms with Gasteiger partial charge in [0.25, 0.3) is 0 Å². The second-order valence-corrected chi connectivity index (χ2v) is 13.2. The van der Waals surface area contributed by atoms with Gasteiger partial charge in [-0.1, -0.05) is 151 Å². The van der Waals surface area contributed by atoms with Crippen LogP contribution in [0, 0.1) is 0 Å². The Bertz CT molecular complexity index is 4600. The maximum absolute atomic E-state index is 9.76. The van der Waals surface area contributed by atoms with Gasteiger partial charge in [0.2, 0.25) is 0 Å². The molecule has 0 saturated carbocycles. The minimum absolute atomic E-state index is 0.0155. The maximum atomic E-state index is 9.76. The second-order valence-electron chi connectivity index (χ2n) is 12.2. The van der Waals surface area contributed by atoms with Crippen LogP contribution in [0.2, 0.25) is 0 Å². The highest BCUT2D eigenvalue weighted by molar-refractivity contribution is 7.25. The third kappa shape index (κ3) is 5.48. The van der Waals surface area contributed by atoms with E-state index >= 15 is 0 Å². The van der Waals surface area contributed by atoms with E-state index in [0.717, 1.165) is 15.9 Å². The monoisotopic (exact) mass is 756 g/mol. The van der Waals surface area contributed by atoms with Gasteiger partial charge in [0.05, 0.1) is 49.6 Å². The van der Waals surface area contributed by atoms with Gasteiger partial charge in [-0.25, -0.2) is 15.0 Å². The highest BCUT2D eigenvalue weighted by Gasteiger charge is 2.21. The first-order valence-corrected chi connectivity index (χ1v) is 17.6. The summed E-state index contributed by atoms with van der Waals surface area (Å²) in [7, 11) is 0. The molecule has 0 unspecified atom stereocenters. The lowest BCUT2D eigenvalue weighted by molar-refractivity contribution is 1.06. The topological polar surface area (TPSA) is 43.6 Å². The Kier molecular flexibility index (Phi) is 3.85. The van der Waals surface area contributed by atoms with Crippen molar-refractivity contribution >= 4 is 53.3 Å². The molecule has 3 heterocycles. The van der Waals surface area contributed by atoms with Crippen LogP contribution in [0.15, 0.2) is 194 Å². The van der Waals surface area contributed by atoms with Crippen molar-refractivity contribution in [2.75, 3.05) is 0 Å². The molecule has 11 aromatic rings. The van der Waals surface area contributed by atoms with E-state index in [1.54, 1.807) is 30.3 Å². The first kappa shape index (κ1) is 16.3. The maximum Gasteiger partial charge on any atom is 0.166 e. The molecule has 0 aliphatic heterocycles. The Hall–Kier alpha value is -7.21. The summed E-state index contributed by atoms with van der Waals surface area (Å²) in [6.07, 6.45) is 0. The molecule has 5 heteroatoms. The Morgan fingerprint density at radius 1 is 0.411 bits per heavy atom. The van der Waals surface area contributed by atoms with E-state index in [2.05, 4.69) is 4.98 Å². The highest BCUT2D eigenvalue weighted by atomic mass is 32.1. The van der Waals surface area contributed by atoms with E-state index in [0.29, 0.717) is 5.56 Å². The van der Waals surface area contributed by atoms with Crippen molar-refractivity contribution in [1.82, 2.24) is 19.5 Å². The number of aromatic nitrogens is 4. The molecule has 0 radical (unpaired) electrons. The lowest BCUT2D eigenvalue weighted by Gasteiger charge is -2.16. The van der Waals surface area contributed by atoms with Crippen LogP contribution >= 0.6 is 11.3 Å². The number of thiophene rings is 1. The lowest BCUT2D eigenvalue weighted by atomic mass is 9.99. The molecule has 262 valence electrons. The Balaban J connectivity index is 1.34. The van der Waals surface area contributed by atoms with Crippen molar-refractivity contribution in [2.45, 2.75) is 0 Å².